The van der Waals surface area contributed by atoms with Crippen molar-refractivity contribution in [3.05, 3.63) is 47.7 Å². The van der Waals surface area contributed by atoms with Crippen molar-refractivity contribution in [3.63, 3.8) is 0 Å². The number of carbonyl (C=O) groups is 2. The first-order valence-corrected chi connectivity index (χ1v) is 5.51. The molecule has 0 atom stereocenters. The molecule has 1 aromatic carbocycles. The van der Waals surface area contributed by atoms with Crippen LogP contribution in [0.15, 0.2) is 36.4 Å². The van der Waals surface area contributed by atoms with Crippen LogP contribution in [-0.2, 0) is 11.8 Å². The number of carbonyl (C=O) groups excluding carboxylic acids is 1. The molecule has 0 bridgehead atoms. The highest BCUT2D eigenvalue weighted by molar-refractivity contribution is 6.15. The number of hydrogen-bond donors (Lipinski definition) is 1. The lowest BCUT2D eigenvalue weighted by Crippen LogP contribution is -2.00. The van der Waals surface area contributed by atoms with Crippen LogP contribution in [0.25, 0.3) is 10.9 Å². The Kier molecular flexibility index (Phi) is 3.02. The number of carboxylic acid groups (broad SMARTS) is 1. The topological polar surface area (TPSA) is 59.3 Å². The fourth-order valence-electron chi connectivity index (χ4n) is 2.06. The van der Waals surface area contributed by atoms with Gasteiger partial charge in [-0.1, -0.05) is 18.2 Å². The molecule has 1 N–H and O–H groups in total. The third kappa shape index (κ3) is 1.93. The minimum absolute atomic E-state index is 0.285. The Labute approximate surface area is 104 Å². The molecule has 0 radical (unpaired) electrons. The van der Waals surface area contributed by atoms with Gasteiger partial charge in [-0.3, -0.25) is 4.79 Å². The van der Waals surface area contributed by atoms with Crippen molar-refractivity contribution in [2.75, 3.05) is 0 Å². The average molecular weight is 243 g/mol. The van der Waals surface area contributed by atoms with Gasteiger partial charge in [0.25, 0.3) is 0 Å². The summed E-state index contributed by atoms with van der Waals surface area (Å²) in [5.41, 5.74) is 2.35. The Hall–Kier alpha value is -2.36. The lowest BCUT2D eigenvalue weighted by molar-refractivity contribution is -0.131. The van der Waals surface area contributed by atoms with E-state index in [9.17, 15) is 9.59 Å². The van der Waals surface area contributed by atoms with Crippen LogP contribution in [0.3, 0.4) is 0 Å². The molecule has 0 unspecified atom stereocenters. The first-order chi connectivity index (χ1) is 8.52. The van der Waals surface area contributed by atoms with E-state index in [1.807, 2.05) is 42.8 Å². The van der Waals surface area contributed by atoms with Crippen LogP contribution < -0.4 is 0 Å². The fraction of sp³-hybridized carbons (Fsp3) is 0.143. The molecule has 2 rings (SSSR count). The Bertz CT molecular complexity index is 665. The fourth-order valence-corrected chi connectivity index (χ4v) is 2.06. The molecule has 18 heavy (non-hydrogen) atoms. The minimum atomic E-state index is -1.12. The number of allylic oxidation sites excluding steroid dienone is 1. The van der Waals surface area contributed by atoms with Crippen molar-refractivity contribution in [3.8, 4) is 0 Å². The van der Waals surface area contributed by atoms with Crippen LogP contribution >= 0.6 is 0 Å². The zero-order valence-corrected chi connectivity index (χ0v) is 10.2. The maximum absolute atomic E-state index is 12.0. The average Bonchev–Trinajstić information content (AvgIpc) is 2.60. The lowest BCUT2D eigenvalue weighted by Gasteiger charge is -1.98. The summed E-state index contributed by atoms with van der Waals surface area (Å²) in [4.78, 5) is 22.5. The van der Waals surface area contributed by atoms with Crippen LogP contribution in [-0.4, -0.2) is 21.4 Å². The molecule has 4 nitrogen and oxygen atoms in total. The van der Waals surface area contributed by atoms with Gasteiger partial charge in [-0.25, -0.2) is 4.79 Å². The molecule has 0 saturated heterocycles. The van der Waals surface area contributed by atoms with E-state index in [1.165, 1.54) is 0 Å². The van der Waals surface area contributed by atoms with Crippen LogP contribution in [0.4, 0.5) is 0 Å². The van der Waals surface area contributed by atoms with Crippen molar-refractivity contribution < 1.29 is 14.7 Å². The molecule has 0 fully saturated rings. The van der Waals surface area contributed by atoms with E-state index in [2.05, 4.69) is 0 Å². The van der Waals surface area contributed by atoms with Gasteiger partial charge < -0.3 is 9.67 Å². The molecule has 0 aliphatic heterocycles. The van der Waals surface area contributed by atoms with Gasteiger partial charge in [-0.2, -0.15) is 0 Å². The number of aliphatic carboxylic acids is 1. The zero-order chi connectivity index (χ0) is 13.3. The van der Waals surface area contributed by atoms with E-state index >= 15 is 0 Å². The van der Waals surface area contributed by atoms with Gasteiger partial charge in [-0.05, 0) is 19.1 Å². The first kappa shape index (κ1) is 12.1. The molecule has 0 saturated carbocycles. The minimum Gasteiger partial charge on any atom is -0.478 e. The van der Waals surface area contributed by atoms with Crippen molar-refractivity contribution in [2.45, 2.75) is 6.92 Å². The maximum Gasteiger partial charge on any atom is 0.328 e. The quantitative estimate of drug-likeness (QED) is 0.664. The second-order valence-electron chi connectivity index (χ2n) is 4.07. The molecule has 1 aromatic heterocycles. The van der Waals surface area contributed by atoms with Crippen LogP contribution in [0.2, 0.25) is 0 Å². The SMILES string of the molecule is Cc1c(C(=O)/C=C/C(=O)O)c2ccccc2n1C. The number of fused-ring (bicyclic) bond motifs is 1. The predicted molar refractivity (Wildman–Crippen MR) is 68.8 cm³/mol. The monoisotopic (exact) mass is 243 g/mol. The molecule has 0 aliphatic carbocycles. The molecule has 0 amide bonds. The smallest absolute Gasteiger partial charge is 0.328 e. The molecule has 1 heterocycles. The molecular weight excluding hydrogens is 230 g/mol. The predicted octanol–water partition coefficient (Wildman–Crippen LogP) is 2.31. The van der Waals surface area contributed by atoms with E-state index in [-0.39, 0.29) is 5.78 Å². The number of rotatable bonds is 3. The largest absolute Gasteiger partial charge is 0.478 e. The van der Waals surface area contributed by atoms with E-state index in [0.717, 1.165) is 28.7 Å². The Morgan fingerprint density at radius 2 is 1.89 bits per heavy atom. The van der Waals surface area contributed by atoms with Crippen LogP contribution in [0.5, 0.6) is 0 Å². The Morgan fingerprint density at radius 1 is 1.22 bits per heavy atom. The van der Waals surface area contributed by atoms with E-state index in [1.54, 1.807) is 0 Å². The third-order valence-corrected chi connectivity index (χ3v) is 3.02. The lowest BCUT2D eigenvalue weighted by atomic mass is 10.1. The van der Waals surface area contributed by atoms with E-state index in [0.29, 0.717) is 5.56 Å². The Balaban J connectivity index is 2.61. The van der Waals surface area contributed by atoms with Crippen molar-refractivity contribution in [1.29, 1.82) is 0 Å². The van der Waals surface area contributed by atoms with Crippen molar-refractivity contribution >= 4 is 22.7 Å². The highest BCUT2D eigenvalue weighted by Gasteiger charge is 2.16. The van der Waals surface area contributed by atoms with Gasteiger partial charge in [0.1, 0.15) is 0 Å². The zero-order valence-electron chi connectivity index (χ0n) is 10.2. The second kappa shape index (κ2) is 4.49. The summed E-state index contributed by atoms with van der Waals surface area (Å²) in [6.07, 6.45) is 1.96. The number of benzene rings is 1. The normalized spacial score (nSPS) is 11.2. The first-order valence-electron chi connectivity index (χ1n) is 5.51. The number of para-hydroxylation sites is 1. The molecule has 92 valence electrons. The summed E-state index contributed by atoms with van der Waals surface area (Å²) >= 11 is 0. The van der Waals surface area contributed by atoms with E-state index < -0.39 is 5.97 Å². The van der Waals surface area contributed by atoms with Crippen molar-refractivity contribution in [1.82, 2.24) is 4.57 Å². The summed E-state index contributed by atoms with van der Waals surface area (Å²) in [5.74, 6) is -1.41. The second-order valence-corrected chi connectivity index (χ2v) is 4.07. The molecule has 2 aromatic rings. The van der Waals surface area contributed by atoms with Gasteiger partial charge in [0.2, 0.25) is 0 Å². The highest BCUT2D eigenvalue weighted by Crippen LogP contribution is 2.25. The number of ketones is 1. The van der Waals surface area contributed by atoms with Gasteiger partial charge in [0, 0.05) is 29.7 Å². The molecular formula is C14H13NO3. The number of nitrogens with zero attached hydrogens (tertiary/aromatic N) is 1. The molecule has 4 heteroatoms. The Morgan fingerprint density at radius 3 is 2.56 bits per heavy atom. The number of carboxylic acids is 1. The molecule has 0 aliphatic rings. The van der Waals surface area contributed by atoms with Gasteiger partial charge >= 0.3 is 5.97 Å². The number of aromatic nitrogens is 1. The summed E-state index contributed by atoms with van der Waals surface area (Å²) in [7, 11) is 1.88. The number of aryl methyl sites for hydroxylation is 1. The van der Waals surface area contributed by atoms with Crippen LogP contribution in [0, 0.1) is 6.92 Å². The summed E-state index contributed by atoms with van der Waals surface area (Å²) in [5, 5.41) is 9.40. The summed E-state index contributed by atoms with van der Waals surface area (Å²) in [6.45, 7) is 1.85. The molecule has 0 spiro atoms. The van der Waals surface area contributed by atoms with Gasteiger partial charge in [-0.15, -0.1) is 0 Å². The highest BCUT2D eigenvalue weighted by atomic mass is 16.4. The van der Waals surface area contributed by atoms with Gasteiger partial charge in [0.05, 0.1) is 5.56 Å². The van der Waals surface area contributed by atoms with Crippen LogP contribution in [0.1, 0.15) is 16.1 Å². The summed E-state index contributed by atoms with van der Waals surface area (Å²) in [6, 6.07) is 7.56. The standard InChI is InChI=1S/C14H13NO3/c1-9-14(12(16)7-8-13(17)18)10-5-3-4-6-11(10)15(9)2/h3-8H,1-2H3,(H,17,18)/b8-7+. The van der Waals surface area contributed by atoms with Gasteiger partial charge in [0.15, 0.2) is 5.78 Å². The number of hydrogen-bond acceptors (Lipinski definition) is 2. The maximum atomic E-state index is 12.0. The third-order valence-electron chi connectivity index (χ3n) is 3.02. The summed E-state index contributed by atoms with van der Waals surface area (Å²) < 4.78 is 1.93. The van der Waals surface area contributed by atoms with Crippen molar-refractivity contribution in [2.24, 2.45) is 7.05 Å². The van der Waals surface area contributed by atoms with E-state index in [4.69, 9.17) is 5.11 Å².